The largest absolute Gasteiger partial charge is 0.457 e. The Balaban J connectivity index is 2.21. The maximum absolute atomic E-state index is 6.02. The van der Waals surface area contributed by atoms with Gasteiger partial charge in [0.2, 0.25) is 0 Å². The van der Waals surface area contributed by atoms with Gasteiger partial charge in [0, 0.05) is 11.6 Å². The minimum Gasteiger partial charge on any atom is -0.457 e. The van der Waals surface area contributed by atoms with E-state index in [-0.39, 0.29) is 0 Å². The molecule has 0 bridgehead atoms. The van der Waals surface area contributed by atoms with Crippen molar-refractivity contribution < 1.29 is 4.74 Å². The van der Waals surface area contributed by atoms with Crippen LogP contribution in [-0.4, -0.2) is 7.05 Å². The zero-order chi connectivity index (χ0) is 13.8. The van der Waals surface area contributed by atoms with Crippen LogP contribution in [0.5, 0.6) is 11.5 Å². The number of halogens is 1. The summed E-state index contributed by atoms with van der Waals surface area (Å²) in [5.74, 6) is 1.72. The number of hydrogen-bond donors (Lipinski definition) is 1. The van der Waals surface area contributed by atoms with Gasteiger partial charge in [0.1, 0.15) is 11.5 Å². The summed E-state index contributed by atoms with van der Waals surface area (Å²) in [5, 5.41) is 3.86. The molecule has 2 aromatic rings. The smallest absolute Gasteiger partial charge is 0.133 e. The molecule has 19 heavy (non-hydrogen) atoms. The lowest BCUT2D eigenvalue weighted by atomic mass is 10.1. The second kappa shape index (κ2) is 6.09. The first-order chi connectivity index (χ1) is 9.10. The number of ether oxygens (including phenoxy) is 1. The maximum Gasteiger partial charge on any atom is 0.133 e. The predicted octanol–water partition coefficient (Wildman–Crippen LogP) is 4.47. The zero-order valence-electron chi connectivity index (χ0n) is 11.5. The van der Waals surface area contributed by atoms with E-state index < -0.39 is 0 Å². The molecule has 0 aliphatic heterocycles. The minimum atomic E-state index is 0.742. The molecule has 100 valence electrons. The summed E-state index contributed by atoms with van der Waals surface area (Å²) in [7, 11) is 1.94. The van der Waals surface area contributed by atoms with Crippen molar-refractivity contribution in [1.82, 2.24) is 5.32 Å². The summed E-state index contributed by atoms with van der Waals surface area (Å²) < 4.78 is 5.95. The average Bonchev–Trinajstić information content (AvgIpc) is 2.36. The van der Waals surface area contributed by atoms with E-state index in [2.05, 4.69) is 17.4 Å². The molecule has 1 N–H and O–H groups in total. The second-order valence-electron chi connectivity index (χ2n) is 4.65. The molecule has 0 atom stereocenters. The molecule has 0 unspecified atom stereocenters. The summed E-state index contributed by atoms with van der Waals surface area (Å²) >= 11 is 6.02. The molecule has 0 aromatic heterocycles. The summed E-state index contributed by atoms with van der Waals surface area (Å²) in [6, 6.07) is 11.9. The highest BCUT2D eigenvalue weighted by atomic mass is 35.5. The predicted molar refractivity (Wildman–Crippen MR) is 80.2 cm³/mol. The van der Waals surface area contributed by atoms with Crippen molar-refractivity contribution in [2.75, 3.05) is 7.05 Å². The molecule has 3 heteroatoms. The van der Waals surface area contributed by atoms with Gasteiger partial charge in [0.25, 0.3) is 0 Å². The first-order valence-electron chi connectivity index (χ1n) is 6.28. The normalized spacial score (nSPS) is 10.5. The molecular weight excluding hydrogens is 258 g/mol. The number of nitrogens with one attached hydrogen (secondary N) is 1. The Morgan fingerprint density at radius 2 is 1.63 bits per heavy atom. The van der Waals surface area contributed by atoms with Crippen LogP contribution >= 0.6 is 11.6 Å². The average molecular weight is 276 g/mol. The third-order valence-electron chi connectivity index (χ3n) is 2.95. The Morgan fingerprint density at radius 3 is 2.16 bits per heavy atom. The molecule has 2 nitrogen and oxygen atoms in total. The zero-order valence-corrected chi connectivity index (χ0v) is 12.2. The maximum atomic E-state index is 6.02. The molecule has 2 aromatic carbocycles. The van der Waals surface area contributed by atoms with E-state index in [4.69, 9.17) is 16.3 Å². The lowest BCUT2D eigenvalue weighted by molar-refractivity contribution is 0.475. The van der Waals surface area contributed by atoms with Crippen LogP contribution in [0.25, 0.3) is 0 Å². The van der Waals surface area contributed by atoms with Gasteiger partial charge in [0.05, 0.1) is 0 Å². The topological polar surface area (TPSA) is 21.3 Å². The van der Waals surface area contributed by atoms with E-state index in [1.54, 1.807) is 0 Å². The van der Waals surface area contributed by atoms with E-state index >= 15 is 0 Å². The van der Waals surface area contributed by atoms with E-state index in [0.29, 0.717) is 0 Å². The minimum absolute atomic E-state index is 0.742. The van der Waals surface area contributed by atoms with Crippen LogP contribution in [0.15, 0.2) is 36.4 Å². The number of rotatable bonds is 4. The molecule has 0 saturated carbocycles. The molecule has 0 aliphatic rings. The Hall–Kier alpha value is -1.51. The van der Waals surface area contributed by atoms with Gasteiger partial charge in [-0.25, -0.2) is 0 Å². The van der Waals surface area contributed by atoms with Crippen LogP contribution in [-0.2, 0) is 6.54 Å². The highest BCUT2D eigenvalue weighted by Crippen LogP contribution is 2.31. The van der Waals surface area contributed by atoms with Crippen LogP contribution in [0, 0.1) is 13.8 Å². The van der Waals surface area contributed by atoms with Gasteiger partial charge in [-0.1, -0.05) is 23.7 Å². The van der Waals surface area contributed by atoms with Crippen LogP contribution in [0.3, 0.4) is 0 Å². The van der Waals surface area contributed by atoms with Crippen molar-refractivity contribution in [3.05, 3.63) is 58.1 Å². The summed E-state index contributed by atoms with van der Waals surface area (Å²) in [5.41, 5.74) is 3.33. The molecule has 0 spiro atoms. The molecule has 0 fully saturated rings. The van der Waals surface area contributed by atoms with Crippen LogP contribution in [0.1, 0.15) is 16.7 Å². The van der Waals surface area contributed by atoms with E-state index in [1.165, 1.54) is 5.56 Å². The quantitative estimate of drug-likeness (QED) is 0.889. The van der Waals surface area contributed by atoms with Crippen LogP contribution < -0.4 is 10.1 Å². The molecule has 0 amide bonds. The number of hydrogen-bond acceptors (Lipinski definition) is 2. The summed E-state index contributed by atoms with van der Waals surface area (Å²) in [6.45, 7) is 4.87. The van der Waals surface area contributed by atoms with Crippen molar-refractivity contribution in [2.24, 2.45) is 0 Å². The fraction of sp³-hybridized carbons (Fsp3) is 0.250. The monoisotopic (exact) mass is 275 g/mol. The van der Waals surface area contributed by atoms with E-state index in [1.807, 2.05) is 45.2 Å². The van der Waals surface area contributed by atoms with E-state index in [9.17, 15) is 0 Å². The van der Waals surface area contributed by atoms with E-state index in [0.717, 1.165) is 34.2 Å². The first-order valence-corrected chi connectivity index (χ1v) is 6.66. The highest BCUT2D eigenvalue weighted by Gasteiger charge is 2.07. The number of benzene rings is 2. The lowest BCUT2D eigenvalue weighted by Gasteiger charge is -2.12. The molecule has 0 aliphatic carbocycles. The Morgan fingerprint density at radius 1 is 1.05 bits per heavy atom. The molecule has 2 rings (SSSR count). The van der Waals surface area contributed by atoms with Crippen molar-refractivity contribution in [3.8, 4) is 11.5 Å². The van der Waals surface area contributed by atoms with Crippen LogP contribution in [0.4, 0.5) is 0 Å². The van der Waals surface area contributed by atoms with Gasteiger partial charge in [-0.3, -0.25) is 0 Å². The lowest BCUT2D eigenvalue weighted by Crippen LogP contribution is -2.04. The molecule has 0 heterocycles. The third-order valence-corrected chi connectivity index (χ3v) is 3.17. The standard InChI is InChI=1S/C16H18ClNO/c1-11-8-14(17)9-12(2)16(11)19-15-6-4-13(5-7-15)10-18-3/h4-9,18H,10H2,1-3H3. The van der Waals surface area contributed by atoms with Crippen molar-refractivity contribution >= 4 is 11.6 Å². The van der Waals surface area contributed by atoms with Crippen molar-refractivity contribution in [3.63, 3.8) is 0 Å². The molecule has 0 saturated heterocycles. The Labute approximate surface area is 119 Å². The Kier molecular flexibility index (Phi) is 4.46. The summed E-state index contributed by atoms with van der Waals surface area (Å²) in [4.78, 5) is 0. The van der Waals surface area contributed by atoms with Crippen molar-refractivity contribution in [2.45, 2.75) is 20.4 Å². The fourth-order valence-corrected chi connectivity index (χ4v) is 2.38. The third kappa shape index (κ3) is 3.49. The molecular formula is C16H18ClNO. The summed E-state index contributed by atoms with van der Waals surface area (Å²) in [6.07, 6.45) is 0. The van der Waals surface area contributed by atoms with Gasteiger partial charge in [-0.15, -0.1) is 0 Å². The van der Waals surface area contributed by atoms with Gasteiger partial charge < -0.3 is 10.1 Å². The first kappa shape index (κ1) is 13.9. The number of aryl methyl sites for hydroxylation is 2. The Bertz CT molecular complexity index is 540. The second-order valence-corrected chi connectivity index (χ2v) is 5.08. The van der Waals surface area contributed by atoms with Crippen molar-refractivity contribution in [1.29, 1.82) is 0 Å². The van der Waals surface area contributed by atoms with Gasteiger partial charge >= 0.3 is 0 Å². The van der Waals surface area contributed by atoms with Gasteiger partial charge in [0.15, 0.2) is 0 Å². The van der Waals surface area contributed by atoms with Gasteiger partial charge in [-0.2, -0.15) is 0 Å². The fourth-order valence-electron chi connectivity index (χ4n) is 2.06. The van der Waals surface area contributed by atoms with Crippen LogP contribution in [0.2, 0.25) is 5.02 Å². The van der Waals surface area contributed by atoms with Gasteiger partial charge in [-0.05, 0) is 61.9 Å². The SMILES string of the molecule is CNCc1ccc(Oc2c(C)cc(Cl)cc2C)cc1. The highest BCUT2D eigenvalue weighted by molar-refractivity contribution is 6.30. The molecule has 0 radical (unpaired) electrons.